The summed E-state index contributed by atoms with van der Waals surface area (Å²) in [5.74, 6) is 0.0968. The minimum atomic E-state index is -3.58. The number of nitrogens with zero attached hydrogens (tertiary/aromatic N) is 2. The number of rotatable bonds is 7. The Morgan fingerprint density at radius 1 is 1.18 bits per heavy atom. The number of aromatic nitrogens is 1. The minimum absolute atomic E-state index is 0.142. The number of hydrogen-bond donors (Lipinski definition) is 0. The van der Waals surface area contributed by atoms with Gasteiger partial charge in [0.15, 0.2) is 0 Å². The van der Waals surface area contributed by atoms with E-state index in [-0.39, 0.29) is 36.5 Å². The van der Waals surface area contributed by atoms with Gasteiger partial charge in [-0.3, -0.25) is 9.78 Å². The molecule has 1 aromatic heterocycles. The van der Waals surface area contributed by atoms with Gasteiger partial charge in [0.1, 0.15) is 17.3 Å². The summed E-state index contributed by atoms with van der Waals surface area (Å²) >= 11 is 0. The summed E-state index contributed by atoms with van der Waals surface area (Å²) in [5, 5.41) is 0. The van der Waals surface area contributed by atoms with Gasteiger partial charge in [-0.15, -0.1) is 0 Å². The zero-order chi connectivity index (χ0) is 20.0. The standard InChI is InChI=1S/C20H24N2O5S/c1-2-26-19-8-4-3-6-17(19)15-27-20(23)16-9-12-22(13-10-16)28(24,25)18-7-5-11-21-14-18/h3-8,11,14,16H,2,9-10,12-13,15H2,1H3. The van der Waals surface area contributed by atoms with E-state index in [4.69, 9.17) is 9.47 Å². The molecule has 8 heteroatoms. The van der Waals surface area contributed by atoms with Gasteiger partial charge in [0.05, 0.1) is 12.5 Å². The van der Waals surface area contributed by atoms with Crippen LogP contribution in [0, 0.1) is 5.92 Å². The molecule has 3 rings (SSSR count). The topological polar surface area (TPSA) is 85.8 Å². The Bertz CT molecular complexity index is 894. The van der Waals surface area contributed by atoms with E-state index in [0.717, 1.165) is 5.56 Å². The Morgan fingerprint density at radius 3 is 2.61 bits per heavy atom. The molecule has 150 valence electrons. The van der Waals surface area contributed by atoms with Gasteiger partial charge >= 0.3 is 5.97 Å². The van der Waals surface area contributed by atoms with Crippen molar-refractivity contribution in [3.63, 3.8) is 0 Å². The van der Waals surface area contributed by atoms with Crippen LogP contribution in [0.2, 0.25) is 0 Å². The highest BCUT2D eigenvalue weighted by atomic mass is 32.2. The molecule has 1 saturated heterocycles. The third-order valence-electron chi connectivity index (χ3n) is 4.70. The lowest BCUT2D eigenvalue weighted by Crippen LogP contribution is -2.40. The van der Waals surface area contributed by atoms with Crippen molar-refractivity contribution >= 4 is 16.0 Å². The molecular formula is C20H24N2O5S. The van der Waals surface area contributed by atoms with Crippen molar-refractivity contribution in [1.29, 1.82) is 0 Å². The molecule has 2 aromatic rings. The van der Waals surface area contributed by atoms with Gasteiger partial charge < -0.3 is 9.47 Å². The van der Waals surface area contributed by atoms with Crippen molar-refractivity contribution in [1.82, 2.24) is 9.29 Å². The van der Waals surface area contributed by atoms with Crippen LogP contribution in [0.25, 0.3) is 0 Å². The maximum Gasteiger partial charge on any atom is 0.309 e. The second-order valence-corrected chi connectivity index (χ2v) is 8.45. The average molecular weight is 404 g/mol. The number of carbonyl (C=O) groups excluding carboxylic acids is 1. The highest BCUT2D eigenvalue weighted by Gasteiger charge is 2.32. The zero-order valence-electron chi connectivity index (χ0n) is 15.8. The van der Waals surface area contributed by atoms with E-state index in [9.17, 15) is 13.2 Å². The number of carbonyl (C=O) groups is 1. The lowest BCUT2D eigenvalue weighted by molar-refractivity contribution is -0.151. The molecule has 0 amide bonds. The molecule has 1 aliphatic rings. The van der Waals surface area contributed by atoms with E-state index in [1.165, 1.54) is 22.8 Å². The number of benzene rings is 1. The minimum Gasteiger partial charge on any atom is -0.493 e. The van der Waals surface area contributed by atoms with E-state index < -0.39 is 10.0 Å². The third kappa shape index (κ3) is 4.69. The summed E-state index contributed by atoms with van der Waals surface area (Å²) < 4.78 is 37.7. The zero-order valence-corrected chi connectivity index (χ0v) is 16.6. The van der Waals surface area contributed by atoms with E-state index in [0.29, 0.717) is 25.2 Å². The van der Waals surface area contributed by atoms with E-state index >= 15 is 0 Å². The monoisotopic (exact) mass is 404 g/mol. The fourth-order valence-electron chi connectivity index (χ4n) is 3.17. The van der Waals surface area contributed by atoms with Gasteiger partial charge in [0.2, 0.25) is 10.0 Å². The maximum absolute atomic E-state index is 12.6. The highest BCUT2D eigenvalue weighted by molar-refractivity contribution is 7.89. The molecule has 0 atom stereocenters. The van der Waals surface area contributed by atoms with Crippen LogP contribution in [0.1, 0.15) is 25.3 Å². The quantitative estimate of drug-likeness (QED) is 0.660. The number of para-hydroxylation sites is 1. The molecule has 0 bridgehead atoms. The van der Waals surface area contributed by atoms with Gasteiger partial charge in [0.25, 0.3) is 0 Å². The smallest absolute Gasteiger partial charge is 0.309 e. The number of hydrogen-bond acceptors (Lipinski definition) is 6. The predicted molar refractivity (Wildman–Crippen MR) is 103 cm³/mol. The third-order valence-corrected chi connectivity index (χ3v) is 6.58. The van der Waals surface area contributed by atoms with E-state index in [1.807, 2.05) is 31.2 Å². The molecular weight excluding hydrogens is 380 g/mol. The SMILES string of the molecule is CCOc1ccccc1COC(=O)C1CCN(S(=O)(=O)c2cccnc2)CC1. The molecule has 28 heavy (non-hydrogen) atoms. The first kappa shape index (κ1) is 20.3. The average Bonchev–Trinajstić information content (AvgIpc) is 2.74. The Kier molecular flexibility index (Phi) is 6.64. The molecule has 0 N–H and O–H groups in total. The Balaban J connectivity index is 1.54. The summed E-state index contributed by atoms with van der Waals surface area (Å²) in [7, 11) is -3.58. The number of esters is 1. The summed E-state index contributed by atoms with van der Waals surface area (Å²) in [6.45, 7) is 3.15. The molecule has 0 radical (unpaired) electrons. The van der Waals surface area contributed by atoms with Crippen LogP contribution in [0.3, 0.4) is 0 Å². The summed E-state index contributed by atoms with van der Waals surface area (Å²) in [4.78, 5) is 16.5. The van der Waals surface area contributed by atoms with Crippen LogP contribution in [-0.4, -0.2) is 43.4 Å². The molecule has 0 saturated carbocycles. The summed E-state index contributed by atoms with van der Waals surface area (Å²) in [6.07, 6.45) is 3.74. The van der Waals surface area contributed by atoms with Crippen molar-refractivity contribution in [3.8, 4) is 5.75 Å². The van der Waals surface area contributed by atoms with Crippen LogP contribution >= 0.6 is 0 Å². The number of ether oxygens (including phenoxy) is 2. The highest BCUT2D eigenvalue weighted by Crippen LogP contribution is 2.25. The lowest BCUT2D eigenvalue weighted by Gasteiger charge is -2.30. The summed E-state index contributed by atoms with van der Waals surface area (Å²) in [6, 6.07) is 10.6. The first-order valence-corrected chi connectivity index (χ1v) is 10.7. The van der Waals surface area contributed by atoms with Gasteiger partial charge in [-0.25, -0.2) is 8.42 Å². The van der Waals surface area contributed by atoms with Gasteiger partial charge in [-0.05, 0) is 38.0 Å². The van der Waals surface area contributed by atoms with Gasteiger partial charge in [0, 0.05) is 31.0 Å². The van der Waals surface area contributed by atoms with Crippen LogP contribution < -0.4 is 4.74 Å². The van der Waals surface area contributed by atoms with Crippen molar-refractivity contribution in [2.45, 2.75) is 31.3 Å². The Labute approximate surface area is 165 Å². The van der Waals surface area contributed by atoms with Crippen LogP contribution in [0.5, 0.6) is 5.75 Å². The molecule has 2 heterocycles. The molecule has 7 nitrogen and oxygen atoms in total. The normalized spacial score (nSPS) is 15.9. The van der Waals surface area contributed by atoms with Crippen LogP contribution in [0.4, 0.5) is 0 Å². The molecule has 1 aliphatic heterocycles. The van der Waals surface area contributed by atoms with Crippen molar-refractivity contribution < 1.29 is 22.7 Å². The molecule has 1 fully saturated rings. The summed E-state index contributed by atoms with van der Waals surface area (Å²) in [5.41, 5.74) is 0.814. The van der Waals surface area contributed by atoms with Gasteiger partial charge in [-0.1, -0.05) is 18.2 Å². The Morgan fingerprint density at radius 2 is 1.93 bits per heavy atom. The molecule has 0 unspecified atom stereocenters. The van der Waals surface area contributed by atoms with Crippen molar-refractivity contribution in [2.75, 3.05) is 19.7 Å². The van der Waals surface area contributed by atoms with Crippen molar-refractivity contribution in [2.24, 2.45) is 5.92 Å². The predicted octanol–water partition coefficient (Wildman–Crippen LogP) is 2.62. The fraction of sp³-hybridized carbons (Fsp3) is 0.400. The molecule has 0 aliphatic carbocycles. The van der Waals surface area contributed by atoms with Crippen molar-refractivity contribution in [3.05, 3.63) is 54.4 Å². The number of sulfonamides is 1. The number of piperidine rings is 1. The Hall–Kier alpha value is -2.45. The van der Waals surface area contributed by atoms with E-state index in [2.05, 4.69) is 4.98 Å². The molecule has 1 aromatic carbocycles. The lowest BCUT2D eigenvalue weighted by atomic mass is 9.98. The largest absolute Gasteiger partial charge is 0.493 e. The fourth-order valence-corrected chi connectivity index (χ4v) is 4.60. The van der Waals surface area contributed by atoms with Crippen LogP contribution in [0.15, 0.2) is 53.7 Å². The molecule has 0 spiro atoms. The second-order valence-electron chi connectivity index (χ2n) is 6.52. The number of pyridine rings is 1. The second kappa shape index (κ2) is 9.16. The van der Waals surface area contributed by atoms with Crippen LogP contribution in [-0.2, 0) is 26.2 Å². The van der Waals surface area contributed by atoms with E-state index in [1.54, 1.807) is 6.07 Å². The van der Waals surface area contributed by atoms with Gasteiger partial charge in [-0.2, -0.15) is 4.31 Å². The first-order chi connectivity index (χ1) is 13.5. The maximum atomic E-state index is 12.6. The first-order valence-electron chi connectivity index (χ1n) is 9.30.